The van der Waals surface area contributed by atoms with Crippen LogP contribution in [0.4, 0.5) is 0 Å². The minimum atomic E-state index is 0.658. The SMILES string of the molecule is Cc1ncsc1CNC1CC(c2cccc(Br)c2)C1. The predicted octanol–water partition coefficient (Wildman–Crippen LogP) is 4.25. The number of aryl methyl sites for hydroxylation is 1. The van der Waals surface area contributed by atoms with Crippen molar-refractivity contribution in [2.45, 2.75) is 38.3 Å². The van der Waals surface area contributed by atoms with E-state index in [0.29, 0.717) is 6.04 Å². The van der Waals surface area contributed by atoms with Gasteiger partial charge in [-0.2, -0.15) is 0 Å². The summed E-state index contributed by atoms with van der Waals surface area (Å²) < 4.78 is 1.18. The molecular weight excluding hydrogens is 320 g/mol. The summed E-state index contributed by atoms with van der Waals surface area (Å²) in [5.41, 5.74) is 4.55. The molecule has 3 rings (SSSR count). The zero-order valence-electron chi connectivity index (χ0n) is 10.9. The highest BCUT2D eigenvalue weighted by atomic mass is 79.9. The van der Waals surface area contributed by atoms with E-state index in [9.17, 15) is 0 Å². The Morgan fingerprint density at radius 1 is 1.42 bits per heavy atom. The fourth-order valence-electron chi connectivity index (χ4n) is 2.55. The number of nitrogens with one attached hydrogen (secondary N) is 1. The van der Waals surface area contributed by atoms with Crippen LogP contribution in [-0.2, 0) is 6.54 Å². The molecule has 4 heteroatoms. The lowest BCUT2D eigenvalue weighted by Gasteiger charge is -2.36. The number of thiazole rings is 1. The topological polar surface area (TPSA) is 24.9 Å². The quantitative estimate of drug-likeness (QED) is 0.902. The molecule has 100 valence electrons. The van der Waals surface area contributed by atoms with Gasteiger partial charge in [0, 0.05) is 21.9 Å². The first-order chi connectivity index (χ1) is 9.22. The summed E-state index contributed by atoms with van der Waals surface area (Å²) in [6, 6.07) is 9.35. The van der Waals surface area contributed by atoms with Crippen LogP contribution in [-0.4, -0.2) is 11.0 Å². The van der Waals surface area contributed by atoms with Gasteiger partial charge in [0.25, 0.3) is 0 Å². The monoisotopic (exact) mass is 336 g/mol. The van der Waals surface area contributed by atoms with Crippen LogP contribution >= 0.6 is 27.3 Å². The third-order valence-corrected chi connectivity index (χ3v) is 5.28. The molecule has 0 unspecified atom stereocenters. The zero-order valence-corrected chi connectivity index (χ0v) is 13.3. The maximum Gasteiger partial charge on any atom is 0.0798 e. The summed E-state index contributed by atoms with van der Waals surface area (Å²) in [6.45, 7) is 3.05. The predicted molar refractivity (Wildman–Crippen MR) is 83.6 cm³/mol. The van der Waals surface area contributed by atoms with Crippen molar-refractivity contribution in [2.75, 3.05) is 0 Å². The van der Waals surface area contributed by atoms with Crippen LogP contribution in [0, 0.1) is 6.92 Å². The highest BCUT2D eigenvalue weighted by molar-refractivity contribution is 9.10. The van der Waals surface area contributed by atoms with Gasteiger partial charge in [0.1, 0.15) is 0 Å². The maximum atomic E-state index is 4.28. The van der Waals surface area contributed by atoms with Gasteiger partial charge in [-0.05, 0) is 43.4 Å². The number of rotatable bonds is 4. The van der Waals surface area contributed by atoms with Crippen LogP contribution in [0.15, 0.2) is 34.2 Å². The minimum Gasteiger partial charge on any atom is -0.309 e. The van der Waals surface area contributed by atoms with Crippen molar-refractivity contribution in [3.8, 4) is 0 Å². The molecule has 0 saturated heterocycles. The molecule has 1 fully saturated rings. The summed E-state index contributed by atoms with van der Waals surface area (Å²) in [4.78, 5) is 5.65. The Labute approximate surface area is 126 Å². The first-order valence-corrected chi connectivity index (χ1v) is 8.27. The van der Waals surface area contributed by atoms with E-state index in [1.54, 1.807) is 11.3 Å². The molecule has 1 aliphatic carbocycles. The lowest BCUT2D eigenvalue weighted by molar-refractivity contribution is 0.290. The maximum absolute atomic E-state index is 4.28. The third-order valence-electron chi connectivity index (χ3n) is 3.85. The van der Waals surface area contributed by atoms with E-state index in [2.05, 4.69) is 57.4 Å². The van der Waals surface area contributed by atoms with Crippen molar-refractivity contribution in [3.05, 3.63) is 50.4 Å². The average Bonchev–Trinajstić information content (AvgIpc) is 2.73. The lowest BCUT2D eigenvalue weighted by atomic mass is 9.76. The number of aromatic nitrogens is 1. The standard InChI is InChI=1S/C15H17BrN2S/c1-10-15(19-9-18-10)8-17-14-6-12(7-14)11-3-2-4-13(16)5-11/h2-5,9,12,14,17H,6-8H2,1H3. The second-order valence-corrected chi connectivity index (χ2v) is 7.02. The number of benzene rings is 1. The van der Waals surface area contributed by atoms with Crippen LogP contribution in [0.2, 0.25) is 0 Å². The zero-order chi connectivity index (χ0) is 13.2. The van der Waals surface area contributed by atoms with Crippen molar-refractivity contribution in [2.24, 2.45) is 0 Å². The van der Waals surface area contributed by atoms with Gasteiger partial charge < -0.3 is 5.32 Å². The van der Waals surface area contributed by atoms with E-state index >= 15 is 0 Å². The van der Waals surface area contributed by atoms with Gasteiger partial charge in [-0.3, -0.25) is 0 Å². The molecule has 0 atom stereocenters. The first-order valence-electron chi connectivity index (χ1n) is 6.60. The van der Waals surface area contributed by atoms with Crippen molar-refractivity contribution >= 4 is 27.3 Å². The van der Waals surface area contributed by atoms with Gasteiger partial charge >= 0.3 is 0 Å². The van der Waals surface area contributed by atoms with Crippen molar-refractivity contribution in [1.82, 2.24) is 10.3 Å². The van der Waals surface area contributed by atoms with Crippen LogP contribution in [0.5, 0.6) is 0 Å². The van der Waals surface area contributed by atoms with Gasteiger partial charge in [0.2, 0.25) is 0 Å². The Kier molecular flexibility index (Phi) is 4.01. The highest BCUT2D eigenvalue weighted by Gasteiger charge is 2.29. The molecule has 0 spiro atoms. The minimum absolute atomic E-state index is 0.658. The molecule has 1 N–H and O–H groups in total. The smallest absolute Gasteiger partial charge is 0.0798 e. The van der Waals surface area contributed by atoms with Crippen LogP contribution in [0.25, 0.3) is 0 Å². The molecule has 1 heterocycles. The van der Waals surface area contributed by atoms with Gasteiger partial charge in [-0.25, -0.2) is 4.98 Å². The van der Waals surface area contributed by atoms with Gasteiger partial charge in [-0.1, -0.05) is 28.1 Å². The summed E-state index contributed by atoms with van der Waals surface area (Å²) in [7, 11) is 0. The molecule has 19 heavy (non-hydrogen) atoms. The largest absolute Gasteiger partial charge is 0.309 e. The van der Waals surface area contributed by atoms with Crippen LogP contribution in [0.1, 0.15) is 34.9 Å². The molecule has 2 nitrogen and oxygen atoms in total. The molecule has 0 bridgehead atoms. The van der Waals surface area contributed by atoms with E-state index in [0.717, 1.165) is 12.5 Å². The normalized spacial score (nSPS) is 22.2. The molecule has 0 amide bonds. The Bertz CT molecular complexity index is 561. The third kappa shape index (κ3) is 3.07. The molecule has 0 radical (unpaired) electrons. The summed E-state index contributed by atoms with van der Waals surface area (Å²) in [5.74, 6) is 0.720. The molecule has 1 aromatic carbocycles. The van der Waals surface area contributed by atoms with Gasteiger partial charge in [0.05, 0.1) is 11.2 Å². The van der Waals surface area contributed by atoms with E-state index in [-0.39, 0.29) is 0 Å². The Hall–Kier alpha value is -0.710. The molecule has 1 aliphatic rings. The fraction of sp³-hybridized carbons (Fsp3) is 0.400. The summed E-state index contributed by atoms with van der Waals surface area (Å²) >= 11 is 5.29. The summed E-state index contributed by atoms with van der Waals surface area (Å²) in [5, 5.41) is 3.64. The van der Waals surface area contributed by atoms with E-state index in [4.69, 9.17) is 0 Å². The average molecular weight is 337 g/mol. The molecule has 2 aromatic rings. The number of hydrogen-bond acceptors (Lipinski definition) is 3. The summed E-state index contributed by atoms with van der Waals surface area (Å²) in [6.07, 6.45) is 2.49. The highest BCUT2D eigenvalue weighted by Crippen LogP contribution is 2.37. The van der Waals surface area contributed by atoms with Crippen molar-refractivity contribution in [1.29, 1.82) is 0 Å². The van der Waals surface area contributed by atoms with Crippen LogP contribution < -0.4 is 5.32 Å². The first kappa shape index (κ1) is 13.3. The van der Waals surface area contributed by atoms with Gasteiger partial charge in [0.15, 0.2) is 0 Å². The van der Waals surface area contributed by atoms with E-state index < -0.39 is 0 Å². The fourth-order valence-corrected chi connectivity index (χ4v) is 3.70. The molecular formula is C15H17BrN2S. The second-order valence-electron chi connectivity index (χ2n) is 5.16. The number of nitrogens with zero attached hydrogens (tertiary/aromatic N) is 1. The van der Waals surface area contributed by atoms with Gasteiger partial charge in [-0.15, -0.1) is 11.3 Å². The molecule has 1 saturated carbocycles. The van der Waals surface area contributed by atoms with Crippen LogP contribution in [0.3, 0.4) is 0 Å². The van der Waals surface area contributed by atoms with E-state index in [1.807, 2.05) is 5.51 Å². The Balaban J connectivity index is 1.49. The molecule has 0 aliphatic heterocycles. The number of hydrogen-bond donors (Lipinski definition) is 1. The Morgan fingerprint density at radius 3 is 2.95 bits per heavy atom. The molecule has 1 aromatic heterocycles. The van der Waals surface area contributed by atoms with Crippen molar-refractivity contribution in [3.63, 3.8) is 0 Å². The van der Waals surface area contributed by atoms with E-state index in [1.165, 1.54) is 33.4 Å². The second kappa shape index (κ2) is 5.73. The van der Waals surface area contributed by atoms with Crippen molar-refractivity contribution < 1.29 is 0 Å². The Morgan fingerprint density at radius 2 is 2.26 bits per heavy atom. The number of halogens is 1. The lowest BCUT2D eigenvalue weighted by Crippen LogP contribution is -2.39.